The van der Waals surface area contributed by atoms with Gasteiger partial charge in [-0.15, -0.1) is 11.6 Å². The second kappa shape index (κ2) is 4.45. The van der Waals surface area contributed by atoms with Crippen LogP contribution in [0.25, 0.3) is 0 Å². The van der Waals surface area contributed by atoms with Gasteiger partial charge in [-0.25, -0.2) is 0 Å². The molecule has 0 radical (unpaired) electrons. The summed E-state index contributed by atoms with van der Waals surface area (Å²) in [6.45, 7) is 1.70. The van der Waals surface area contributed by atoms with Crippen LogP contribution in [0, 0.1) is 0 Å². The van der Waals surface area contributed by atoms with Crippen LogP contribution in [0.3, 0.4) is 0 Å². The molecule has 0 saturated heterocycles. The Labute approximate surface area is 98.7 Å². The van der Waals surface area contributed by atoms with Crippen molar-refractivity contribution in [2.75, 3.05) is 0 Å². The van der Waals surface area contributed by atoms with Crippen LogP contribution >= 0.6 is 11.6 Å². The first-order chi connectivity index (χ1) is 7.59. The summed E-state index contributed by atoms with van der Waals surface area (Å²) in [5.41, 5.74) is 0.181. The van der Waals surface area contributed by atoms with E-state index >= 15 is 0 Å². The van der Waals surface area contributed by atoms with Crippen LogP contribution in [0.2, 0.25) is 0 Å². The summed E-state index contributed by atoms with van der Waals surface area (Å²) in [6, 6.07) is 0. The predicted molar refractivity (Wildman–Crippen MR) is 62.0 cm³/mol. The number of hydrogen-bond acceptors (Lipinski definition) is 3. The Morgan fingerprint density at radius 1 is 1.50 bits per heavy atom. The minimum Gasteiger partial charge on any atom is -0.493 e. The highest BCUT2D eigenvalue weighted by Gasteiger charge is 2.24. The molecule has 1 aromatic rings. The number of aromatic hydroxyl groups is 1. The zero-order valence-electron chi connectivity index (χ0n) is 9.16. The monoisotopic (exact) mass is 242 g/mol. The summed E-state index contributed by atoms with van der Waals surface area (Å²) in [6.07, 6.45) is 4.12. The molecule has 1 fully saturated rings. The van der Waals surface area contributed by atoms with Crippen LogP contribution in [0.1, 0.15) is 55.3 Å². The van der Waals surface area contributed by atoms with Crippen molar-refractivity contribution in [1.82, 2.24) is 9.97 Å². The minimum atomic E-state index is -0.406. The summed E-state index contributed by atoms with van der Waals surface area (Å²) >= 11 is 5.82. The molecule has 0 bridgehead atoms. The van der Waals surface area contributed by atoms with Gasteiger partial charge in [-0.3, -0.25) is 4.79 Å². The molecular formula is C11H15ClN2O2. The van der Waals surface area contributed by atoms with E-state index in [-0.39, 0.29) is 17.4 Å². The number of nitrogens with zero attached hydrogens (tertiary/aromatic N) is 1. The van der Waals surface area contributed by atoms with Crippen molar-refractivity contribution in [3.8, 4) is 5.88 Å². The molecular weight excluding hydrogens is 228 g/mol. The molecule has 1 aromatic heterocycles. The van der Waals surface area contributed by atoms with Gasteiger partial charge in [-0.05, 0) is 25.7 Å². The second-order valence-corrected chi connectivity index (χ2v) is 4.94. The number of hydrogen-bond donors (Lipinski definition) is 2. The molecule has 2 N–H and O–H groups in total. The van der Waals surface area contributed by atoms with Crippen molar-refractivity contribution in [3.05, 3.63) is 21.7 Å². The van der Waals surface area contributed by atoms with E-state index in [0.717, 1.165) is 25.7 Å². The summed E-state index contributed by atoms with van der Waals surface area (Å²) in [7, 11) is 0. The molecule has 1 saturated carbocycles. The molecule has 5 heteroatoms. The topological polar surface area (TPSA) is 66.0 Å². The third kappa shape index (κ3) is 2.07. The number of aromatic amines is 1. The van der Waals surface area contributed by atoms with E-state index in [0.29, 0.717) is 11.4 Å². The van der Waals surface area contributed by atoms with E-state index < -0.39 is 5.38 Å². The normalized spacial score (nSPS) is 18.9. The van der Waals surface area contributed by atoms with E-state index in [9.17, 15) is 9.90 Å². The van der Waals surface area contributed by atoms with Crippen LogP contribution in [-0.4, -0.2) is 15.1 Å². The van der Waals surface area contributed by atoms with Crippen molar-refractivity contribution in [1.29, 1.82) is 0 Å². The average Bonchev–Trinajstić information content (AvgIpc) is 2.69. The van der Waals surface area contributed by atoms with Gasteiger partial charge in [0.15, 0.2) is 0 Å². The SMILES string of the molecule is CC(Cl)c1nc(O)c(C2CCCC2)c(=O)[nH]1. The average molecular weight is 243 g/mol. The maximum atomic E-state index is 11.8. The van der Waals surface area contributed by atoms with Gasteiger partial charge in [0.25, 0.3) is 5.56 Å². The zero-order valence-corrected chi connectivity index (χ0v) is 9.92. The number of aromatic nitrogens is 2. The molecule has 4 nitrogen and oxygen atoms in total. The number of H-pyrrole nitrogens is 1. The number of rotatable bonds is 2. The van der Waals surface area contributed by atoms with Gasteiger partial charge in [0, 0.05) is 0 Å². The standard InChI is InChI=1S/C11H15ClN2O2/c1-6(12)9-13-10(15)8(11(16)14-9)7-4-2-3-5-7/h6-7H,2-5H2,1H3,(H2,13,14,15,16). The van der Waals surface area contributed by atoms with Crippen molar-refractivity contribution in [2.24, 2.45) is 0 Å². The highest BCUT2D eigenvalue weighted by Crippen LogP contribution is 2.35. The van der Waals surface area contributed by atoms with Crippen molar-refractivity contribution >= 4 is 11.6 Å². The van der Waals surface area contributed by atoms with Gasteiger partial charge < -0.3 is 10.1 Å². The minimum absolute atomic E-state index is 0.149. The molecule has 1 aliphatic rings. The highest BCUT2D eigenvalue weighted by atomic mass is 35.5. The maximum Gasteiger partial charge on any atom is 0.258 e. The quantitative estimate of drug-likeness (QED) is 0.783. The molecule has 0 aliphatic heterocycles. The lowest BCUT2D eigenvalue weighted by Gasteiger charge is -2.11. The number of alkyl halides is 1. The van der Waals surface area contributed by atoms with Gasteiger partial charge in [-0.2, -0.15) is 4.98 Å². The molecule has 1 atom stereocenters. The lowest BCUT2D eigenvalue weighted by atomic mass is 10.00. The summed E-state index contributed by atoms with van der Waals surface area (Å²) in [4.78, 5) is 18.4. The first kappa shape index (κ1) is 11.5. The predicted octanol–water partition coefficient (Wildman–Crippen LogP) is 2.43. The fourth-order valence-corrected chi connectivity index (χ4v) is 2.36. The van der Waals surface area contributed by atoms with Gasteiger partial charge >= 0.3 is 0 Å². The maximum absolute atomic E-state index is 11.8. The number of halogens is 1. The fraction of sp³-hybridized carbons (Fsp3) is 0.636. The molecule has 1 aliphatic carbocycles. The molecule has 0 spiro atoms. The van der Waals surface area contributed by atoms with Crippen LogP contribution in [0.15, 0.2) is 4.79 Å². The zero-order chi connectivity index (χ0) is 11.7. The molecule has 2 rings (SSSR count). The lowest BCUT2D eigenvalue weighted by molar-refractivity contribution is 0.432. The van der Waals surface area contributed by atoms with Crippen molar-refractivity contribution < 1.29 is 5.11 Å². The largest absolute Gasteiger partial charge is 0.493 e. The smallest absolute Gasteiger partial charge is 0.258 e. The van der Waals surface area contributed by atoms with E-state index in [1.165, 1.54) is 0 Å². The van der Waals surface area contributed by atoms with Crippen LogP contribution in [0.5, 0.6) is 5.88 Å². The highest BCUT2D eigenvalue weighted by molar-refractivity contribution is 6.20. The molecule has 1 unspecified atom stereocenters. The molecule has 1 heterocycles. The van der Waals surface area contributed by atoms with E-state index in [4.69, 9.17) is 11.6 Å². The van der Waals surface area contributed by atoms with Crippen molar-refractivity contribution in [2.45, 2.75) is 43.9 Å². The third-order valence-corrected chi connectivity index (χ3v) is 3.30. The Morgan fingerprint density at radius 2 is 2.12 bits per heavy atom. The first-order valence-corrected chi connectivity index (χ1v) is 6.00. The van der Waals surface area contributed by atoms with Crippen LogP contribution in [-0.2, 0) is 0 Å². The van der Waals surface area contributed by atoms with Gasteiger partial charge in [-0.1, -0.05) is 12.8 Å². The lowest BCUT2D eigenvalue weighted by Crippen LogP contribution is -2.19. The Hall–Kier alpha value is -1.03. The first-order valence-electron chi connectivity index (χ1n) is 5.56. The van der Waals surface area contributed by atoms with E-state index in [1.807, 2.05) is 0 Å². The molecule has 16 heavy (non-hydrogen) atoms. The summed E-state index contributed by atoms with van der Waals surface area (Å²) < 4.78 is 0. The fourth-order valence-electron chi connectivity index (χ4n) is 2.26. The Bertz CT molecular complexity index is 436. The third-order valence-electron chi connectivity index (χ3n) is 3.09. The van der Waals surface area contributed by atoms with Crippen LogP contribution < -0.4 is 5.56 Å². The molecule has 88 valence electrons. The van der Waals surface area contributed by atoms with Gasteiger partial charge in [0.05, 0.1) is 10.9 Å². The Balaban J connectivity index is 2.43. The van der Waals surface area contributed by atoms with Crippen LogP contribution in [0.4, 0.5) is 0 Å². The van der Waals surface area contributed by atoms with E-state index in [2.05, 4.69) is 9.97 Å². The molecule has 0 aromatic carbocycles. The molecule has 0 amide bonds. The Morgan fingerprint density at radius 3 is 2.62 bits per heavy atom. The van der Waals surface area contributed by atoms with Crippen molar-refractivity contribution in [3.63, 3.8) is 0 Å². The Kier molecular flexibility index (Phi) is 3.19. The van der Waals surface area contributed by atoms with Gasteiger partial charge in [0.2, 0.25) is 5.88 Å². The second-order valence-electron chi connectivity index (χ2n) is 4.29. The van der Waals surface area contributed by atoms with E-state index in [1.54, 1.807) is 6.92 Å². The van der Waals surface area contributed by atoms with Gasteiger partial charge in [0.1, 0.15) is 5.82 Å². The number of nitrogens with one attached hydrogen (secondary N) is 1. The summed E-state index contributed by atoms with van der Waals surface area (Å²) in [5, 5.41) is 9.39. The summed E-state index contributed by atoms with van der Waals surface area (Å²) in [5.74, 6) is 0.319.